The van der Waals surface area contributed by atoms with Gasteiger partial charge in [0.2, 0.25) is 0 Å². The molecule has 6 nitrogen and oxygen atoms in total. The van der Waals surface area contributed by atoms with Gasteiger partial charge in [0.15, 0.2) is 0 Å². The van der Waals surface area contributed by atoms with Crippen molar-refractivity contribution in [3.8, 4) is 5.75 Å². The van der Waals surface area contributed by atoms with E-state index in [-0.39, 0.29) is 5.91 Å². The molecule has 4 rings (SSSR count). The number of methoxy groups -OCH3 is 1. The van der Waals surface area contributed by atoms with E-state index in [0.717, 1.165) is 22.9 Å². The molecule has 30 heavy (non-hydrogen) atoms. The third kappa shape index (κ3) is 3.56. The van der Waals surface area contributed by atoms with Crippen molar-refractivity contribution in [2.45, 2.75) is 19.8 Å². The van der Waals surface area contributed by atoms with Crippen LogP contribution >= 0.6 is 0 Å². The summed E-state index contributed by atoms with van der Waals surface area (Å²) in [6.07, 6.45) is 2.94. The lowest BCUT2D eigenvalue weighted by Gasteiger charge is -2.19. The van der Waals surface area contributed by atoms with Gasteiger partial charge in [0.25, 0.3) is 5.91 Å². The second kappa shape index (κ2) is 8.45. The molecule has 1 amide bonds. The fourth-order valence-electron chi connectivity index (χ4n) is 3.77. The standard InChI is InChI=1S/C24H24N2O4/c1-3-14-30-24(28)19-15-26(23(27)18-9-5-7-11-21(18)29-2)13-12-17-16-8-4-6-10-20(16)25-22(17)19/h4-11,15,25H,3,12-14H2,1-2H3. The van der Waals surface area contributed by atoms with Crippen molar-refractivity contribution < 1.29 is 19.1 Å². The Kier molecular flexibility index (Phi) is 5.57. The molecular weight excluding hydrogens is 380 g/mol. The Morgan fingerprint density at radius 1 is 1.10 bits per heavy atom. The molecule has 154 valence electrons. The Morgan fingerprint density at radius 2 is 1.87 bits per heavy atom. The van der Waals surface area contributed by atoms with Crippen molar-refractivity contribution in [3.63, 3.8) is 0 Å². The van der Waals surface area contributed by atoms with Gasteiger partial charge < -0.3 is 19.4 Å². The number of nitrogens with zero attached hydrogens (tertiary/aromatic N) is 1. The maximum atomic E-state index is 13.3. The number of hydrogen-bond donors (Lipinski definition) is 1. The SMILES string of the molecule is CCCOC(=O)C1=CN(C(=O)c2ccccc2OC)CCc2c1[nH]c1ccccc21. The zero-order valence-corrected chi connectivity index (χ0v) is 17.1. The van der Waals surface area contributed by atoms with Gasteiger partial charge in [-0.05, 0) is 36.6 Å². The summed E-state index contributed by atoms with van der Waals surface area (Å²) in [5.74, 6) is -0.161. The molecule has 0 fully saturated rings. The molecule has 0 aliphatic carbocycles. The van der Waals surface area contributed by atoms with Crippen molar-refractivity contribution in [2.24, 2.45) is 0 Å². The number of hydrogen-bond acceptors (Lipinski definition) is 4. The Balaban J connectivity index is 1.79. The fourth-order valence-corrected chi connectivity index (χ4v) is 3.77. The Labute approximate surface area is 175 Å². The summed E-state index contributed by atoms with van der Waals surface area (Å²) in [7, 11) is 1.54. The Bertz CT molecular complexity index is 1130. The van der Waals surface area contributed by atoms with Crippen molar-refractivity contribution in [2.75, 3.05) is 20.3 Å². The van der Waals surface area contributed by atoms with Gasteiger partial charge in [-0.2, -0.15) is 0 Å². The zero-order valence-electron chi connectivity index (χ0n) is 17.1. The molecule has 1 N–H and O–H groups in total. The average Bonchev–Trinajstić information content (AvgIpc) is 3.04. The summed E-state index contributed by atoms with van der Waals surface area (Å²) in [5, 5.41) is 1.05. The first-order valence-corrected chi connectivity index (χ1v) is 10.1. The number of carbonyl (C=O) groups excluding carboxylic acids is 2. The van der Waals surface area contributed by atoms with Gasteiger partial charge in [-0.1, -0.05) is 37.3 Å². The molecule has 1 aliphatic rings. The number of amides is 1. The molecule has 0 atom stereocenters. The Hall–Kier alpha value is -3.54. The normalized spacial score (nSPS) is 13.4. The van der Waals surface area contributed by atoms with Crippen molar-refractivity contribution >= 4 is 28.4 Å². The largest absolute Gasteiger partial charge is 0.496 e. The number of esters is 1. The van der Waals surface area contributed by atoms with Crippen LogP contribution in [0.4, 0.5) is 0 Å². The first-order chi connectivity index (χ1) is 14.6. The van der Waals surface area contributed by atoms with E-state index in [2.05, 4.69) is 4.98 Å². The van der Waals surface area contributed by atoms with E-state index in [1.807, 2.05) is 37.3 Å². The third-order valence-electron chi connectivity index (χ3n) is 5.23. The van der Waals surface area contributed by atoms with Gasteiger partial charge in [-0.25, -0.2) is 4.79 Å². The lowest BCUT2D eigenvalue weighted by Crippen LogP contribution is -2.28. The first kappa shape index (κ1) is 19.8. The number of aromatic nitrogens is 1. The van der Waals surface area contributed by atoms with E-state index < -0.39 is 5.97 Å². The quantitative estimate of drug-likeness (QED) is 0.648. The molecule has 3 aromatic rings. The molecule has 0 saturated carbocycles. The van der Waals surface area contributed by atoms with Crippen LogP contribution in [-0.2, 0) is 16.0 Å². The molecule has 1 aliphatic heterocycles. The lowest BCUT2D eigenvalue weighted by molar-refractivity contribution is -0.136. The monoisotopic (exact) mass is 404 g/mol. The predicted octanol–water partition coefficient (Wildman–Crippen LogP) is 4.17. The van der Waals surface area contributed by atoms with E-state index >= 15 is 0 Å². The second-order valence-corrected chi connectivity index (χ2v) is 7.15. The van der Waals surface area contributed by atoms with Gasteiger partial charge in [-0.3, -0.25) is 4.79 Å². The fraction of sp³-hybridized carbons (Fsp3) is 0.250. The molecule has 2 heterocycles. The van der Waals surface area contributed by atoms with Crippen LogP contribution in [0, 0.1) is 0 Å². The maximum absolute atomic E-state index is 13.3. The highest BCUT2D eigenvalue weighted by molar-refractivity contribution is 6.18. The van der Waals surface area contributed by atoms with Gasteiger partial charge >= 0.3 is 5.97 Å². The van der Waals surface area contributed by atoms with Crippen LogP contribution in [0.1, 0.15) is 35.0 Å². The summed E-state index contributed by atoms with van der Waals surface area (Å²) >= 11 is 0. The number of fused-ring (bicyclic) bond motifs is 3. The number of H-pyrrole nitrogens is 1. The third-order valence-corrected chi connectivity index (χ3v) is 5.23. The molecule has 1 aromatic heterocycles. The summed E-state index contributed by atoms with van der Waals surface area (Å²) < 4.78 is 10.8. The van der Waals surface area contributed by atoms with Gasteiger partial charge in [0.1, 0.15) is 5.75 Å². The zero-order chi connectivity index (χ0) is 21.1. The Morgan fingerprint density at radius 3 is 2.67 bits per heavy atom. The minimum absolute atomic E-state index is 0.220. The highest BCUT2D eigenvalue weighted by Gasteiger charge is 2.28. The minimum Gasteiger partial charge on any atom is -0.496 e. The lowest BCUT2D eigenvalue weighted by atomic mass is 10.0. The molecule has 6 heteroatoms. The predicted molar refractivity (Wildman–Crippen MR) is 115 cm³/mol. The van der Waals surface area contributed by atoms with Crippen LogP contribution in [0.15, 0.2) is 54.7 Å². The molecule has 0 unspecified atom stereocenters. The van der Waals surface area contributed by atoms with Crippen LogP contribution < -0.4 is 4.74 Å². The smallest absolute Gasteiger partial charge is 0.341 e. The number of para-hydroxylation sites is 2. The van der Waals surface area contributed by atoms with Gasteiger partial charge in [0.05, 0.1) is 30.5 Å². The van der Waals surface area contributed by atoms with Gasteiger partial charge in [0, 0.05) is 23.6 Å². The summed E-state index contributed by atoms with van der Waals surface area (Å²) in [6.45, 7) is 2.71. The van der Waals surface area contributed by atoms with Crippen molar-refractivity contribution in [1.29, 1.82) is 0 Å². The molecule has 2 aromatic carbocycles. The van der Waals surface area contributed by atoms with E-state index in [1.54, 1.807) is 29.3 Å². The van der Waals surface area contributed by atoms with E-state index in [9.17, 15) is 9.59 Å². The highest BCUT2D eigenvalue weighted by Crippen LogP contribution is 2.32. The number of rotatable bonds is 5. The molecular formula is C24H24N2O4. The topological polar surface area (TPSA) is 71.6 Å². The van der Waals surface area contributed by atoms with E-state index in [1.165, 1.54) is 7.11 Å². The summed E-state index contributed by atoms with van der Waals surface area (Å²) in [4.78, 5) is 31.1. The number of ether oxygens (including phenoxy) is 2. The average molecular weight is 404 g/mol. The number of carbonyl (C=O) groups is 2. The van der Waals surface area contributed by atoms with Crippen LogP contribution in [0.3, 0.4) is 0 Å². The van der Waals surface area contributed by atoms with Crippen LogP contribution in [0.5, 0.6) is 5.75 Å². The molecule has 0 bridgehead atoms. The first-order valence-electron chi connectivity index (χ1n) is 10.1. The second-order valence-electron chi connectivity index (χ2n) is 7.15. The summed E-state index contributed by atoms with van der Waals surface area (Å²) in [6, 6.07) is 15.0. The van der Waals surface area contributed by atoms with Crippen LogP contribution in [0.2, 0.25) is 0 Å². The number of nitrogens with one attached hydrogen (secondary N) is 1. The van der Waals surface area contributed by atoms with E-state index in [0.29, 0.717) is 42.2 Å². The molecule has 0 saturated heterocycles. The van der Waals surface area contributed by atoms with Crippen LogP contribution in [0.25, 0.3) is 16.5 Å². The highest BCUT2D eigenvalue weighted by atomic mass is 16.5. The number of benzene rings is 2. The summed E-state index contributed by atoms with van der Waals surface area (Å²) in [5.41, 5.74) is 3.50. The molecule has 0 radical (unpaired) electrons. The minimum atomic E-state index is -0.440. The van der Waals surface area contributed by atoms with Crippen molar-refractivity contribution in [1.82, 2.24) is 9.88 Å². The number of aromatic amines is 1. The molecule has 0 spiro atoms. The van der Waals surface area contributed by atoms with Crippen molar-refractivity contribution in [3.05, 3.63) is 71.6 Å². The van der Waals surface area contributed by atoms with E-state index in [4.69, 9.17) is 9.47 Å². The maximum Gasteiger partial charge on any atom is 0.341 e. The van der Waals surface area contributed by atoms with Gasteiger partial charge in [-0.15, -0.1) is 0 Å². The van der Waals surface area contributed by atoms with Crippen LogP contribution in [-0.4, -0.2) is 42.0 Å².